The van der Waals surface area contributed by atoms with E-state index >= 15 is 0 Å². The monoisotopic (exact) mass is 418 g/mol. The third-order valence-corrected chi connectivity index (χ3v) is 5.54. The molecule has 10 heteroatoms. The molecule has 7 nitrogen and oxygen atoms in total. The van der Waals surface area contributed by atoms with E-state index in [1.807, 2.05) is 0 Å². The molecule has 1 unspecified atom stereocenters. The molecule has 4 N–H and O–H groups in total. The number of likely N-dealkylation sites (N-methyl/N-ethyl adjacent to an activating group) is 1. The number of nitrogens with two attached hydrogens (primary N) is 1. The first kappa shape index (κ1) is 23.7. The zero-order valence-corrected chi connectivity index (χ0v) is 17.4. The van der Waals surface area contributed by atoms with Crippen LogP contribution in [0, 0.1) is 0 Å². The van der Waals surface area contributed by atoms with Crippen molar-refractivity contribution in [3.05, 3.63) is 23.9 Å². The average molecular weight is 419 g/mol. The van der Waals surface area contributed by atoms with Crippen LogP contribution in [-0.2, 0) is 4.79 Å². The fourth-order valence-corrected chi connectivity index (χ4v) is 3.70. The van der Waals surface area contributed by atoms with Gasteiger partial charge in [0.15, 0.2) is 0 Å². The molecule has 0 aromatic rings. The van der Waals surface area contributed by atoms with E-state index < -0.39 is 12.2 Å². The predicted octanol–water partition coefficient (Wildman–Crippen LogP) is 0.319. The lowest BCUT2D eigenvalue weighted by molar-refractivity contribution is -0.224. The van der Waals surface area contributed by atoms with Crippen molar-refractivity contribution in [1.29, 1.82) is 0 Å². The summed E-state index contributed by atoms with van der Waals surface area (Å²) in [6, 6.07) is 2.00. The van der Waals surface area contributed by atoms with Crippen molar-refractivity contribution in [1.82, 2.24) is 25.3 Å². The van der Waals surface area contributed by atoms with Crippen molar-refractivity contribution in [3.8, 4) is 0 Å². The van der Waals surface area contributed by atoms with Crippen LogP contribution in [0.25, 0.3) is 0 Å². The Kier molecular flexibility index (Phi) is 8.50. The third kappa shape index (κ3) is 7.29. The summed E-state index contributed by atoms with van der Waals surface area (Å²) in [5.74, 6) is -0.870. The van der Waals surface area contributed by atoms with Crippen molar-refractivity contribution in [3.63, 3.8) is 0 Å². The summed E-state index contributed by atoms with van der Waals surface area (Å²) < 4.78 is 36.2. The Bertz CT molecular complexity index is 591. The van der Waals surface area contributed by atoms with Crippen molar-refractivity contribution in [2.24, 2.45) is 5.73 Å². The van der Waals surface area contributed by atoms with Gasteiger partial charge in [-0.05, 0) is 20.9 Å². The SMILES string of the molecule is C[C@@H]1CN(CC2CNCCN2)C[C@H](C)N1C.NC(=O)C1=CN(C(F)(F)F)CC=C1. The van der Waals surface area contributed by atoms with Crippen LogP contribution in [0.15, 0.2) is 23.9 Å². The highest BCUT2D eigenvalue weighted by molar-refractivity contribution is 5.94. The van der Waals surface area contributed by atoms with E-state index in [0.717, 1.165) is 19.6 Å². The normalized spacial score (nSPS) is 29.1. The minimum atomic E-state index is -4.47. The first-order valence-electron chi connectivity index (χ1n) is 9.98. The first-order chi connectivity index (χ1) is 13.6. The lowest BCUT2D eigenvalue weighted by atomic mass is 10.1. The average Bonchev–Trinajstić information content (AvgIpc) is 2.67. The molecule has 0 radical (unpaired) electrons. The standard InChI is InChI=1S/C12H26N4.C7H7F3N2O/c1-10-7-16(8-11(2)15(10)3)9-12-6-13-4-5-14-12;8-7(9,10)12-3-1-2-5(4-12)6(11)13/h10-14H,4-9H2,1-3H3;1-2,4H,3H2,(H2,11,13)/t10-,11+,12?;. The van der Waals surface area contributed by atoms with Gasteiger partial charge in [0.05, 0.1) is 5.57 Å². The number of piperazine rings is 2. The molecule has 3 aliphatic rings. The molecule has 3 rings (SSSR count). The Balaban J connectivity index is 0.000000212. The lowest BCUT2D eigenvalue weighted by Gasteiger charge is -2.44. The molecule has 3 heterocycles. The van der Waals surface area contributed by atoms with E-state index in [-0.39, 0.29) is 17.0 Å². The van der Waals surface area contributed by atoms with Crippen LogP contribution >= 0.6 is 0 Å². The number of hydrogen-bond donors (Lipinski definition) is 3. The quantitative estimate of drug-likeness (QED) is 0.573. The van der Waals surface area contributed by atoms with E-state index in [1.165, 1.54) is 31.8 Å². The van der Waals surface area contributed by atoms with E-state index in [9.17, 15) is 18.0 Å². The van der Waals surface area contributed by atoms with Crippen LogP contribution in [0.3, 0.4) is 0 Å². The summed E-state index contributed by atoms with van der Waals surface area (Å²) >= 11 is 0. The second-order valence-electron chi connectivity index (χ2n) is 7.91. The highest BCUT2D eigenvalue weighted by atomic mass is 19.4. The minimum absolute atomic E-state index is 0.0904. The molecule has 0 bridgehead atoms. The molecular weight excluding hydrogens is 385 g/mol. The van der Waals surface area contributed by atoms with Crippen molar-refractivity contribution in [2.45, 2.75) is 38.3 Å². The molecule has 3 aliphatic heterocycles. The Morgan fingerprint density at radius 1 is 1.24 bits per heavy atom. The zero-order valence-electron chi connectivity index (χ0n) is 17.4. The van der Waals surface area contributed by atoms with Gasteiger partial charge in [0.2, 0.25) is 5.91 Å². The summed E-state index contributed by atoms with van der Waals surface area (Å²) in [7, 11) is 2.24. The van der Waals surface area contributed by atoms with E-state index in [2.05, 4.69) is 41.3 Å². The third-order valence-electron chi connectivity index (χ3n) is 5.54. The Hall–Kier alpha value is -1.62. The molecule has 2 fully saturated rings. The van der Waals surface area contributed by atoms with Gasteiger partial charge in [-0.15, -0.1) is 0 Å². The van der Waals surface area contributed by atoms with Gasteiger partial charge in [0, 0.05) is 70.1 Å². The van der Waals surface area contributed by atoms with Crippen molar-refractivity contribution < 1.29 is 18.0 Å². The van der Waals surface area contributed by atoms with Gasteiger partial charge in [-0.25, -0.2) is 0 Å². The maximum absolute atomic E-state index is 12.1. The van der Waals surface area contributed by atoms with Crippen molar-refractivity contribution >= 4 is 5.91 Å². The molecule has 29 heavy (non-hydrogen) atoms. The maximum Gasteiger partial charge on any atom is 0.484 e. The Morgan fingerprint density at radius 3 is 2.41 bits per heavy atom. The minimum Gasteiger partial charge on any atom is -0.366 e. The highest BCUT2D eigenvalue weighted by Crippen LogP contribution is 2.24. The summed E-state index contributed by atoms with van der Waals surface area (Å²) in [4.78, 5) is 15.7. The van der Waals surface area contributed by atoms with Crippen LogP contribution in [0.5, 0.6) is 0 Å². The number of hydrogen-bond acceptors (Lipinski definition) is 6. The number of nitrogens with one attached hydrogen (secondary N) is 2. The van der Waals surface area contributed by atoms with Crippen LogP contribution in [0.1, 0.15) is 13.8 Å². The number of nitrogens with zero attached hydrogens (tertiary/aromatic N) is 3. The summed E-state index contributed by atoms with van der Waals surface area (Å²) in [5.41, 5.74) is 4.67. The van der Waals surface area contributed by atoms with Gasteiger partial charge in [0.25, 0.3) is 0 Å². The lowest BCUT2D eigenvalue weighted by Crippen LogP contribution is -2.59. The maximum atomic E-state index is 12.1. The summed E-state index contributed by atoms with van der Waals surface area (Å²) in [6.45, 7) is 11.3. The Morgan fingerprint density at radius 2 is 1.90 bits per heavy atom. The predicted molar refractivity (Wildman–Crippen MR) is 107 cm³/mol. The molecule has 0 spiro atoms. The number of primary amides is 1. The number of alkyl halides is 3. The van der Waals surface area contributed by atoms with Gasteiger partial charge < -0.3 is 16.4 Å². The Labute approximate surface area is 170 Å². The fraction of sp³-hybridized carbons (Fsp3) is 0.737. The molecule has 0 aromatic carbocycles. The van der Waals surface area contributed by atoms with Crippen LogP contribution in [-0.4, -0.2) is 97.9 Å². The van der Waals surface area contributed by atoms with Crippen LogP contribution in [0.2, 0.25) is 0 Å². The van der Waals surface area contributed by atoms with Gasteiger partial charge in [-0.2, -0.15) is 13.2 Å². The van der Waals surface area contributed by atoms with Crippen LogP contribution in [0.4, 0.5) is 13.2 Å². The molecule has 0 aliphatic carbocycles. The molecular formula is C19H33F3N6O. The molecule has 0 saturated carbocycles. The highest BCUT2D eigenvalue weighted by Gasteiger charge is 2.35. The fourth-order valence-electron chi connectivity index (χ4n) is 3.70. The van der Waals surface area contributed by atoms with Gasteiger partial charge in [-0.3, -0.25) is 19.5 Å². The molecule has 3 atom stereocenters. The number of carbonyl (C=O) groups excluding carboxylic acids is 1. The van der Waals surface area contributed by atoms with E-state index in [0.29, 0.717) is 24.3 Å². The second kappa shape index (κ2) is 10.4. The first-order valence-corrected chi connectivity index (χ1v) is 9.98. The van der Waals surface area contributed by atoms with E-state index in [1.54, 1.807) is 0 Å². The number of halogens is 3. The van der Waals surface area contributed by atoms with Crippen molar-refractivity contribution in [2.75, 3.05) is 52.9 Å². The number of amides is 1. The van der Waals surface area contributed by atoms with Gasteiger partial charge in [-0.1, -0.05) is 12.2 Å². The molecule has 1 amide bonds. The zero-order chi connectivity index (χ0) is 21.6. The number of rotatable bonds is 3. The van der Waals surface area contributed by atoms with Gasteiger partial charge in [0.1, 0.15) is 0 Å². The largest absolute Gasteiger partial charge is 0.484 e. The molecule has 166 valence electrons. The summed E-state index contributed by atoms with van der Waals surface area (Å²) in [6.07, 6.45) is -1.27. The number of carbonyl (C=O) groups is 1. The van der Waals surface area contributed by atoms with Crippen LogP contribution < -0.4 is 16.4 Å². The van der Waals surface area contributed by atoms with Gasteiger partial charge >= 0.3 is 6.30 Å². The smallest absolute Gasteiger partial charge is 0.366 e. The summed E-state index contributed by atoms with van der Waals surface area (Å²) in [5, 5.41) is 7.05. The molecule has 0 aromatic heterocycles. The van der Waals surface area contributed by atoms with E-state index in [4.69, 9.17) is 5.73 Å². The topological polar surface area (TPSA) is 76.9 Å². The molecule has 2 saturated heterocycles. The second-order valence-corrected chi connectivity index (χ2v) is 7.91.